The van der Waals surface area contributed by atoms with Crippen molar-refractivity contribution in [1.82, 2.24) is 0 Å². The van der Waals surface area contributed by atoms with Crippen LogP contribution >= 0.6 is 0 Å². The topological polar surface area (TPSA) is 13.0 Å². The summed E-state index contributed by atoms with van der Waals surface area (Å²) < 4.78 is 0. The van der Waals surface area contributed by atoms with Gasteiger partial charge in [0.1, 0.15) is 0 Å². The highest BCUT2D eigenvalue weighted by atomic mass is 15.2. The normalized spacial score (nSPS) is 11.2. The van der Waals surface area contributed by atoms with Crippen LogP contribution in [0.2, 0.25) is 0 Å². The minimum absolute atomic E-state index is 1.08. The maximum absolute atomic E-state index is 2.37. The Morgan fingerprint density at radius 3 is 0.542 bits per heavy atom. The zero-order valence-electron chi connectivity index (χ0n) is 78.2. The van der Waals surface area contributed by atoms with Gasteiger partial charge in [0, 0.05) is 68.2 Å². The Hall–Kier alpha value is -18.7. The van der Waals surface area contributed by atoms with Crippen molar-refractivity contribution in [2.45, 2.75) is 0 Å². The largest absolute Gasteiger partial charge is 0.311 e. The maximum atomic E-state index is 2.37. The van der Waals surface area contributed by atoms with Gasteiger partial charge in [-0.1, -0.05) is 431 Å². The summed E-state index contributed by atoms with van der Waals surface area (Å²) >= 11 is 0. The molecule has 0 fully saturated rings. The minimum atomic E-state index is 1.08. The summed E-state index contributed by atoms with van der Waals surface area (Å²) in [4.78, 5) is 9.34. The Labute approximate surface area is 829 Å². The number of anilines is 12. The summed E-state index contributed by atoms with van der Waals surface area (Å²) in [5, 5.41) is 15.0. The average Bonchev–Trinajstić information content (AvgIpc) is 0.735. The minimum Gasteiger partial charge on any atom is -0.311 e. The zero-order valence-corrected chi connectivity index (χ0v) is 78.2. The van der Waals surface area contributed by atoms with E-state index in [0.29, 0.717) is 0 Å². The first-order chi connectivity index (χ1) is 70.4. The van der Waals surface area contributed by atoms with E-state index in [1.807, 2.05) is 0 Å². The molecule has 25 aromatic carbocycles. The molecule has 25 aromatic rings. The third-order valence-electron chi connectivity index (χ3n) is 27.7. The van der Waals surface area contributed by atoms with Gasteiger partial charge in [0.25, 0.3) is 0 Å². The van der Waals surface area contributed by atoms with E-state index in [1.54, 1.807) is 0 Å². The van der Waals surface area contributed by atoms with Crippen molar-refractivity contribution >= 4 is 133 Å². The second-order valence-corrected chi connectivity index (χ2v) is 36.1. The first kappa shape index (κ1) is 86.1. The van der Waals surface area contributed by atoms with Gasteiger partial charge in [0.05, 0.1) is 0 Å². The maximum Gasteiger partial charge on any atom is 0.0462 e. The average molecular weight is 1810 g/mol. The van der Waals surface area contributed by atoms with E-state index in [0.717, 1.165) is 90.5 Å². The highest BCUT2D eigenvalue weighted by Gasteiger charge is 2.24. The van der Waals surface area contributed by atoms with Crippen LogP contribution in [0, 0.1) is 0 Å². The molecule has 0 amide bonds. The van der Waals surface area contributed by atoms with Crippen LogP contribution in [-0.2, 0) is 0 Å². The summed E-state index contributed by atoms with van der Waals surface area (Å²) in [6, 6.07) is 211. The fourth-order valence-electron chi connectivity index (χ4n) is 20.9. The number of para-hydroxylation sites is 4. The van der Waals surface area contributed by atoms with Gasteiger partial charge < -0.3 is 19.6 Å². The lowest BCUT2D eigenvalue weighted by atomic mass is 9.86. The molecule has 0 aliphatic carbocycles. The fourth-order valence-corrected chi connectivity index (χ4v) is 20.9. The molecule has 0 heterocycles. The molecule has 0 radical (unpaired) electrons. The standard InChI is InChI=1S/C72H50N2.C66H46N2/c1-4-18-57(19-5-1)71-67-26-12-14-28-69(67)72(70-29-15-13-27-68(70)71)58-41-49-64(50-42-58)74(62-45-35-52(36-46-62)51-31-33-56(34-32-51)66-30-16-20-55-17-10-11-25-65(55)66)63-47-39-54(40-48-63)53-37-43-61(44-38-53)73(59-21-6-2-7-22-59)60-23-8-3-9-24-60;1-4-17-51(18-5-1)65-61-24-12-14-26-63(61)66(64-27-15-13-25-62(64)65)52-36-44-60(45-37-52)68(59-42-34-50(35-43-59)54-29-28-47-16-10-11-19-53(47)46-54)58-40-32-49(33-41-58)48-30-38-57(39-31-48)67(55-20-6-2-7-21-55)56-22-8-3-9-23-56/h1-50H;1-46H. The first-order valence-corrected chi connectivity index (χ1v) is 48.7. The van der Waals surface area contributed by atoms with E-state index < -0.39 is 0 Å². The molecule has 0 aliphatic heterocycles. The predicted octanol–water partition coefficient (Wildman–Crippen LogP) is 39.2. The van der Waals surface area contributed by atoms with Crippen molar-refractivity contribution in [3.05, 3.63) is 582 Å². The number of rotatable bonds is 21. The van der Waals surface area contributed by atoms with E-state index in [2.05, 4.69) is 602 Å². The van der Waals surface area contributed by atoms with Crippen molar-refractivity contribution in [2.24, 2.45) is 0 Å². The van der Waals surface area contributed by atoms with Crippen LogP contribution in [0.25, 0.3) is 165 Å². The molecule has 0 atom stereocenters. The van der Waals surface area contributed by atoms with Crippen molar-refractivity contribution in [3.63, 3.8) is 0 Å². The highest BCUT2D eigenvalue weighted by Crippen LogP contribution is 2.50. The highest BCUT2D eigenvalue weighted by molar-refractivity contribution is 6.23. The van der Waals surface area contributed by atoms with Crippen molar-refractivity contribution < 1.29 is 0 Å². The Morgan fingerprint density at radius 1 is 0.0915 bits per heavy atom. The van der Waals surface area contributed by atoms with Gasteiger partial charge in [-0.15, -0.1) is 0 Å². The fraction of sp³-hybridized carbons (Fsp3) is 0. The number of fused-ring (bicyclic) bond motifs is 6. The summed E-state index contributed by atoms with van der Waals surface area (Å²) in [5.41, 5.74) is 34.9. The van der Waals surface area contributed by atoms with Gasteiger partial charge in [0.2, 0.25) is 0 Å². The summed E-state index contributed by atoms with van der Waals surface area (Å²) in [6.45, 7) is 0. The van der Waals surface area contributed by atoms with E-state index in [1.165, 1.54) is 143 Å². The molecular weight excluding hydrogens is 1710 g/mol. The SMILES string of the molecule is c1ccc(-c2c3ccccc3c(-c3ccc(N(c4ccc(-c5ccc(-c6cccc7ccccc67)cc5)cc4)c4ccc(-c5ccc(N(c6ccccc6)c6ccccc6)cc5)cc4)cc3)c3ccccc23)cc1.c1ccc(-c2c3ccccc3c(-c3ccc(N(c4ccc(-c5ccc(N(c6ccccc6)c6ccccc6)cc5)cc4)c4ccc(-c5ccc6ccccc6c5)cc4)cc3)c3ccccc23)cc1. The molecule has 0 aromatic heterocycles. The van der Waals surface area contributed by atoms with Crippen LogP contribution in [0.3, 0.4) is 0 Å². The lowest BCUT2D eigenvalue weighted by Gasteiger charge is -2.26. The second kappa shape index (κ2) is 38.8. The van der Waals surface area contributed by atoms with Crippen LogP contribution in [0.4, 0.5) is 68.2 Å². The first-order valence-electron chi connectivity index (χ1n) is 48.7. The molecule has 668 valence electrons. The molecule has 4 nitrogen and oxygen atoms in total. The molecule has 0 unspecified atom stereocenters. The van der Waals surface area contributed by atoms with Gasteiger partial charge in [0.15, 0.2) is 0 Å². The lowest BCUT2D eigenvalue weighted by molar-refractivity contribution is 1.28. The third kappa shape index (κ3) is 17.1. The molecule has 0 spiro atoms. The number of hydrogen-bond acceptors (Lipinski definition) is 4. The van der Waals surface area contributed by atoms with Gasteiger partial charge >= 0.3 is 0 Å². The predicted molar refractivity (Wildman–Crippen MR) is 606 cm³/mol. The van der Waals surface area contributed by atoms with Crippen molar-refractivity contribution in [2.75, 3.05) is 19.6 Å². The van der Waals surface area contributed by atoms with Crippen LogP contribution in [0.15, 0.2) is 582 Å². The molecule has 0 bridgehead atoms. The number of hydrogen-bond donors (Lipinski definition) is 0. The molecule has 25 rings (SSSR count). The van der Waals surface area contributed by atoms with Crippen LogP contribution in [0.1, 0.15) is 0 Å². The second-order valence-electron chi connectivity index (χ2n) is 36.1. The molecular formula is C138H96N4. The molecule has 0 N–H and O–H groups in total. The van der Waals surface area contributed by atoms with Crippen LogP contribution < -0.4 is 19.6 Å². The Morgan fingerprint density at radius 2 is 0.268 bits per heavy atom. The third-order valence-corrected chi connectivity index (χ3v) is 27.7. The van der Waals surface area contributed by atoms with Gasteiger partial charge in [-0.2, -0.15) is 0 Å². The zero-order chi connectivity index (χ0) is 94.4. The Bertz CT molecular complexity index is 8580. The van der Waals surface area contributed by atoms with Gasteiger partial charge in [-0.3, -0.25) is 0 Å². The van der Waals surface area contributed by atoms with Crippen molar-refractivity contribution in [1.29, 1.82) is 0 Å². The van der Waals surface area contributed by atoms with E-state index in [9.17, 15) is 0 Å². The van der Waals surface area contributed by atoms with Crippen LogP contribution in [-0.4, -0.2) is 0 Å². The van der Waals surface area contributed by atoms with Crippen molar-refractivity contribution in [3.8, 4) is 100 Å². The van der Waals surface area contributed by atoms with Crippen LogP contribution in [0.5, 0.6) is 0 Å². The molecule has 0 aliphatic rings. The molecule has 4 heteroatoms. The smallest absolute Gasteiger partial charge is 0.0462 e. The van der Waals surface area contributed by atoms with Gasteiger partial charge in [-0.25, -0.2) is 0 Å². The molecule has 0 saturated carbocycles. The lowest BCUT2D eigenvalue weighted by Crippen LogP contribution is -2.10. The van der Waals surface area contributed by atoms with E-state index >= 15 is 0 Å². The number of nitrogens with zero attached hydrogens (tertiary/aromatic N) is 4. The summed E-state index contributed by atoms with van der Waals surface area (Å²) in [6.07, 6.45) is 0. The summed E-state index contributed by atoms with van der Waals surface area (Å²) in [5.74, 6) is 0. The van der Waals surface area contributed by atoms with E-state index in [4.69, 9.17) is 0 Å². The molecule has 0 saturated heterocycles. The Kier molecular flexibility index (Phi) is 23.5. The number of benzene rings is 25. The monoisotopic (exact) mass is 1810 g/mol. The van der Waals surface area contributed by atoms with Gasteiger partial charge in [-0.05, 0) is 316 Å². The summed E-state index contributed by atoms with van der Waals surface area (Å²) in [7, 11) is 0. The Balaban J connectivity index is 0.000000154. The molecule has 142 heavy (non-hydrogen) atoms. The quantitative estimate of drug-likeness (QED) is 0.0665. The van der Waals surface area contributed by atoms with E-state index in [-0.39, 0.29) is 0 Å².